The van der Waals surface area contributed by atoms with Gasteiger partial charge in [0.05, 0.1) is 5.56 Å². The molecule has 1 aromatic carbocycles. The number of hydrogen-bond acceptors (Lipinski definition) is 6. The number of rotatable bonds is 8. The van der Waals surface area contributed by atoms with Crippen LogP contribution in [0.2, 0.25) is 0 Å². The molecule has 1 aliphatic rings. The minimum atomic E-state index is -1.39. The van der Waals surface area contributed by atoms with Gasteiger partial charge in [0.25, 0.3) is 5.91 Å². The van der Waals surface area contributed by atoms with Gasteiger partial charge in [-0.15, -0.1) is 0 Å². The van der Waals surface area contributed by atoms with Crippen molar-refractivity contribution >= 4 is 28.5 Å². The molecule has 8 nitrogen and oxygen atoms in total. The highest BCUT2D eigenvalue weighted by atomic mass is 32.1. The van der Waals surface area contributed by atoms with Crippen molar-refractivity contribution < 1.29 is 27.5 Å². The zero-order chi connectivity index (χ0) is 23.4. The molecule has 2 aromatic rings. The number of hydrogen-bond donors (Lipinski definition) is 3. The molecule has 1 aromatic heterocycles. The Bertz CT molecular complexity index is 1020. The number of amides is 3. The second-order valence-corrected chi connectivity index (χ2v) is 8.35. The van der Waals surface area contributed by atoms with Gasteiger partial charge in [0.15, 0.2) is 11.6 Å². The fourth-order valence-electron chi connectivity index (χ4n) is 3.54. The Kier molecular flexibility index (Phi) is 7.56. The van der Waals surface area contributed by atoms with Crippen molar-refractivity contribution in [1.82, 2.24) is 14.6 Å². The van der Waals surface area contributed by atoms with Crippen LogP contribution >= 0.6 is 11.5 Å². The number of likely N-dealkylation sites (tertiary alicyclic amines) is 1. The van der Waals surface area contributed by atoms with Crippen molar-refractivity contribution in [1.29, 1.82) is 0 Å². The Morgan fingerprint density at radius 1 is 1.34 bits per heavy atom. The van der Waals surface area contributed by atoms with Crippen LogP contribution in [0.3, 0.4) is 0 Å². The van der Waals surface area contributed by atoms with Crippen molar-refractivity contribution in [3.63, 3.8) is 0 Å². The third-order valence-electron chi connectivity index (χ3n) is 5.36. The number of aromatic nitrogens is 1. The van der Waals surface area contributed by atoms with E-state index in [0.29, 0.717) is 12.6 Å². The standard InChI is InChI=1S/C20H24F3N5O3S/c1-10-8-13(21)12(16(23)15(10)22)9-31-18-14(17(24)29)19(32-27-18)26-20(30)25-6-5-11-4-3-7-28(11)2/h8,11H,3-7,9H2,1-2H3,(H2,24,29)(H2,25,26,30). The molecule has 1 atom stereocenters. The fraction of sp³-hybridized carbons (Fsp3) is 0.450. The molecule has 0 radical (unpaired) electrons. The smallest absolute Gasteiger partial charge is 0.319 e. The molecular formula is C20H24F3N5O3S. The number of carbonyl (C=O) groups is 2. The van der Waals surface area contributed by atoms with Crippen LogP contribution in [0, 0.1) is 24.4 Å². The van der Waals surface area contributed by atoms with E-state index in [1.54, 1.807) is 0 Å². The number of nitrogens with zero attached hydrogens (tertiary/aromatic N) is 2. The minimum absolute atomic E-state index is 0.0269. The largest absolute Gasteiger partial charge is 0.471 e. The summed E-state index contributed by atoms with van der Waals surface area (Å²) in [6.45, 7) is 1.98. The van der Waals surface area contributed by atoms with Gasteiger partial charge in [-0.2, -0.15) is 4.37 Å². The Morgan fingerprint density at radius 2 is 2.09 bits per heavy atom. The van der Waals surface area contributed by atoms with E-state index in [-0.39, 0.29) is 22.0 Å². The number of ether oxygens (including phenoxy) is 1. The number of nitrogens with one attached hydrogen (secondary N) is 2. The number of primary amides is 1. The van der Waals surface area contributed by atoms with Crippen LogP contribution < -0.4 is 21.1 Å². The van der Waals surface area contributed by atoms with Gasteiger partial charge in [-0.05, 0) is 62.9 Å². The average molecular weight is 472 g/mol. The molecule has 174 valence electrons. The molecule has 3 amide bonds. The van der Waals surface area contributed by atoms with Crippen molar-refractivity contribution in [2.75, 3.05) is 25.5 Å². The Hall–Kier alpha value is -2.86. The highest BCUT2D eigenvalue weighted by molar-refractivity contribution is 7.11. The zero-order valence-electron chi connectivity index (χ0n) is 17.6. The number of benzene rings is 1. The van der Waals surface area contributed by atoms with Crippen molar-refractivity contribution in [2.45, 2.75) is 38.8 Å². The van der Waals surface area contributed by atoms with E-state index in [2.05, 4.69) is 19.9 Å². The van der Waals surface area contributed by atoms with Crippen LogP contribution in [-0.2, 0) is 6.61 Å². The summed E-state index contributed by atoms with van der Waals surface area (Å²) in [5, 5.41) is 5.22. The molecule has 1 unspecified atom stereocenters. The first kappa shape index (κ1) is 23.8. The maximum absolute atomic E-state index is 14.0. The lowest BCUT2D eigenvalue weighted by Gasteiger charge is -2.19. The monoisotopic (exact) mass is 471 g/mol. The zero-order valence-corrected chi connectivity index (χ0v) is 18.5. The first-order valence-electron chi connectivity index (χ1n) is 9.99. The van der Waals surface area contributed by atoms with Gasteiger partial charge in [-0.1, -0.05) is 0 Å². The molecule has 12 heteroatoms. The van der Waals surface area contributed by atoms with Crippen molar-refractivity contribution in [3.05, 3.63) is 40.2 Å². The Labute approximate surface area is 187 Å². The Morgan fingerprint density at radius 3 is 2.75 bits per heavy atom. The number of halogens is 3. The molecule has 2 heterocycles. The molecule has 0 aliphatic carbocycles. The molecule has 0 spiro atoms. The molecule has 3 rings (SSSR count). The fourth-order valence-corrected chi connectivity index (χ4v) is 4.28. The van der Waals surface area contributed by atoms with Crippen LogP contribution in [0.4, 0.5) is 23.0 Å². The molecule has 1 saturated heterocycles. The van der Waals surface area contributed by atoms with E-state index in [1.807, 2.05) is 7.05 Å². The van der Waals surface area contributed by atoms with Crippen LogP contribution in [0.15, 0.2) is 6.07 Å². The lowest BCUT2D eigenvalue weighted by atomic mass is 10.1. The molecule has 1 aliphatic heterocycles. The summed E-state index contributed by atoms with van der Waals surface area (Å²) in [6.07, 6.45) is 2.99. The third-order valence-corrected chi connectivity index (χ3v) is 6.10. The SMILES string of the molecule is Cc1cc(F)c(COc2nsc(NC(=O)NCCC3CCCN3C)c2C(N)=O)c(F)c1F. The predicted molar refractivity (Wildman–Crippen MR) is 113 cm³/mol. The van der Waals surface area contributed by atoms with E-state index in [0.717, 1.165) is 43.4 Å². The van der Waals surface area contributed by atoms with E-state index in [4.69, 9.17) is 10.5 Å². The van der Waals surface area contributed by atoms with Gasteiger partial charge in [0, 0.05) is 12.6 Å². The van der Waals surface area contributed by atoms with Gasteiger partial charge >= 0.3 is 6.03 Å². The summed E-state index contributed by atoms with van der Waals surface area (Å²) in [7, 11) is 2.04. The van der Waals surface area contributed by atoms with Gasteiger partial charge in [0.1, 0.15) is 23.0 Å². The second-order valence-electron chi connectivity index (χ2n) is 7.57. The summed E-state index contributed by atoms with van der Waals surface area (Å²) >= 11 is 0.724. The van der Waals surface area contributed by atoms with Gasteiger partial charge in [-0.3, -0.25) is 10.1 Å². The normalized spacial score (nSPS) is 16.2. The molecule has 0 bridgehead atoms. The summed E-state index contributed by atoms with van der Waals surface area (Å²) < 4.78 is 50.9. The summed E-state index contributed by atoms with van der Waals surface area (Å²) in [5.41, 5.74) is 4.29. The number of nitrogens with two attached hydrogens (primary N) is 1. The van der Waals surface area contributed by atoms with Crippen LogP contribution in [-0.4, -0.2) is 47.4 Å². The molecule has 4 N–H and O–H groups in total. The van der Waals surface area contributed by atoms with E-state index in [9.17, 15) is 22.8 Å². The number of anilines is 1. The summed E-state index contributed by atoms with van der Waals surface area (Å²) in [5.74, 6) is -4.84. The van der Waals surface area contributed by atoms with E-state index < -0.39 is 41.6 Å². The van der Waals surface area contributed by atoms with Crippen LogP contribution in [0.5, 0.6) is 5.88 Å². The maximum atomic E-state index is 14.0. The third kappa shape index (κ3) is 5.30. The quantitative estimate of drug-likeness (QED) is 0.513. The topological polar surface area (TPSA) is 110 Å². The number of aryl methyl sites for hydroxylation is 1. The molecule has 32 heavy (non-hydrogen) atoms. The summed E-state index contributed by atoms with van der Waals surface area (Å²) in [6, 6.07) is 0.696. The summed E-state index contributed by atoms with van der Waals surface area (Å²) in [4.78, 5) is 26.3. The van der Waals surface area contributed by atoms with E-state index >= 15 is 0 Å². The van der Waals surface area contributed by atoms with Gasteiger partial charge < -0.3 is 20.7 Å². The average Bonchev–Trinajstić information content (AvgIpc) is 3.32. The second kappa shape index (κ2) is 10.2. The first-order valence-corrected chi connectivity index (χ1v) is 10.8. The van der Waals surface area contributed by atoms with E-state index in [1.165, 1.54) is 6.92 Å². The van der Waals surface area contributed by atoms with Crippen molar-refractivity contribution in [3.8, 4) is 5.88 Å². The number of urea groups is 1. The van der Waals surface area contributed by atoms with Crippen LogP contribution in [0.25, 0.3) is 0 Å². The van der Waals surface area contributed by atoms with Gasteiger partial charge in [-0.25, -0.2) is 18.0 Å². The van der Waals surface area contributed by atoms with Crippen molar-refractivity contribution in [2.24, 2.45) is 5.73 Å². The lowest BCUT2D eigenvalue weighted by Crippen LogP contribution is -2.34. The molecule has 0 saturated carbocycles. The highest BCUT2D eigenvalue weighted by Gasteiger charge is 2.24. The lowest BCUT2D eigenvalue weighted by molar-refractivity contribution is 0.0996. The predicted octanol–water partition coefficient (Wildman–Crippen LogP) is 3.15. The molecule has 1 fully saturated rings. The first-order chi connectivity index (χ1) is 15.2. The van der Waals surface area contributed by atoms with Gasteiger partial charge in [0.2, 0.25) is 5.88 Å². The Balaban J connectivity index is 1.63. The molecular weight excluding hydrogens is 447 g/mol. The highest BCUT2D eigenvalue weighted by Crippen LogP contribution is 2.31. The van der Waals surface area contributed by atoms with Crippen LogP contribution in [0.1, 0.15) is 40.7 Å². The number of carbonyl (C=O) groups excluding carboxylic acids is 2. The maximum Gasteiger partial charge on any atom is 0.319 e. The minimum Gasteiger partial charge on any atom is -0.471 e.